The molecule has 0 aromatic carbocycles. The Morgan fingerprint density at radius 2 is 0.658 bits per heavy atom. The molecule has 9 aliphatic rings. The molecule has 0 aliphatic carbocycles. The Hall–Kier alpha value is 2.25. The Morgan fingerprint density at radius 3 is 0.991 bits per heavy atom. The van der Waals surface area contributed by atoms with Gasteiger partial charge in [-0.15, -0.1) is 0 Å². The van der Waals surface area contributed by atoms with Crippen molar-refractivity contribution in [2.45, 2.75) is 160 Å². The number of nitrogens with zero attached hydrogens (tertiary/aromatic N) is 10. The summed E-state index contributed by atoms with van der Waals surface area (Å²) >= 11 is 14.4. The average molecular weight is 1850 g/mol. The first-order valence-corrected chi connectivity index (χ1v) is 53.4. The summed E-state index contributed by atoms with van der Waals surface area (Å²) in [6.45, 7) is -9.91. The molecule has 652 valence electrons. The highest BCUT2D eigenvalue weighted by Gasteiger charge is 2.51. The number of thiol groups is 1. The second-order valence-electron chi connectivity index (χ2n) is 30.0. The highest BCUT2D eigenvalue weighted by molar-refractivity contribution is 8.44. The first-order chi connectivity index (χ1) is 54.5. The normalized spacial score (nSPS) is 37.3. The summed E-state index contributed by atoms with van der Waals surface area (Å²) in [5, 5.41) is 12.8. The quantitative estimate of drug-likeness (QED) is 0.0291. The molecule has 0 amide bonds. The van der Waals surface area contributed by atoms with Crippen LogP contribution in [0, 0.1) is 0 Å². The molecule has 15 unspecified atom stereocenters. The molecule has 9 saturated heterocycles. The average Bonchev–Trinajstić information content (AvgIpc) is 1.76. The zero-order chi connectivity index (χ0) is 86.7. The fourth-order valence-corrected chi connectivity index (χ4v) is 28.0. The Labute approximate surface area is 716 Å². The SMILES string of the molecule is [B][C@H]1CN(P(=O)(OCC2CN(P(=O)(OCC3O[C@@H]([B])C[C@@H]3OP(O)(=S)OC)N(C)C)C[C@H]([B])O2)N(C)C)CC(COP(=O)(N(C)C)N2C[C@@H](CO)O[C@@H]([B])C2)O1.[B][C@H]1CNCC(COP(=O)(N(C)C)N2CC(COP(=O)(N(C)C)N3C[C@@H](COP(=O)(S)O[C@H]4C[C@H]([B])OC4COP(O)(=S)O[C@H]4C[C@H]([B])OC4CC)O[C@@H]([B])C3)O[C@@H]([B])C2)O1. The molecule has 9 heterocycles. The number of aliphatic hydroxyl groups excluding tert-OH is 1. The first kappa shape index (κ1) is 105. The van der Waals surface area contributed by atoms with Gasteiger partial charge in [-0.05, 0) is 120 Å². The molecular weight excluding hydrogens is 1740 g/mol. The lowest BCUT2D eigenvalue weighted by Crippen LogP contribution is -2.52. The number of ether oxygens (including phenoxy) is 9. The Balaban J connectivity index is 0.000000293. The van der Waals surface area contributed by atoms with Gasteiger partial charge in [-0.25, -0.2) is 51.3 Å². The van der Waals surface area contributed by atoms with Crippen molar-refractivity contribution in [1.82, 2.24) is 52.0 Å². The molecule has 9 fully saturated rings. The molecule has 0 bridgehead atoms. The van der Waals surface area contributed by atoms with E-state index >= 15 is 0 Å². The maximum atomic E-state index is 14.7. The minimum Gasteiger partial charge on any atom is -0.394 e. The van der Waals surface area contributed by atoms with E-state index in [1.165, 1.54) is 39.8 Å². The van der Waals surface area contributed by atoms with Crippen LogP contribution in [-0.4, -0.2) is 468 Å². The lowest BCUT2D eigenvalue weighted by atomic mass is 9.96. The van der Waals surface area contributed by atoms with E-state index in [-0.39, 0.29) is 137 Å². The fourth-order valence-electron chi connectivity index (χ4n) is 13.9. The highest BCUT2D eigenvalue weighted by atomic mass is 32.7. The van der Waals surface area contributed by atoms with Crippen LogP contribution in [0.2, 0.25) is 0 Å². The predicted octanol–water partition coefficient (Wildman–Crippen LogP) is -0.576. The number of morpholine rings is 6. The van der Waals surface area contributed by atoms with Gasteiger partial charge in [0.1, 0.15) is 82.8 Å². The topological polar surface area (TPSA) is 392 Å². The minimum absolute atomic E-state index is 0.00378. The highest BCUT2D eigenvalue weighted by Crippen LogP contribution is 2.61. The third kappa shape index (κ3) is 29.6. The van der Waals surface area contributed by atoms with Gasteiger partial charge in [0.15, 0.2) is 0 Å². The molecule has 0 spiro atoms. The lowest BCUT2D eigenvalue weighted by molar-refractivity contribution is -0.0687. The van der Waals surface area contributed by atoms with Crippen LogP contribution in [0.25, 0.3) is 0 Å². The van der Waals surface area contributed by atoms with Crippen molar-refractivity contribution in [2.75, 3.05) is 209 Å². The van der Waals surface area contributed by atoms with Crippen LogP contribution in [0.4, 0.5) is 0 Å². The van der Waals surface area contributed by atoms with E-state index in [0.717, 1.165) is 0 Å². The molecule has 0 aromatic rings. The number of rotatable bonds is 40. The molecule has 29 atom stereocenters. The molecule has 60 heteroatoms. The summed E-state index contributed by atoms with van der Waals surface area (Å²) in [7, 11) is 53.3. The van der Waals surface area contributed by atoms with Gasteiger partial charge in [0.25, 0.3) is 0 Å². The summed E-state index contributed by atoms with van der Waals surface area (Å²) in [4.78, 5) is 21.0. The molecule has 4 N–H and O–H groups in total. The lowest BCUT2D eigenvalue weighted by Gasteiger charge is -2.45. The van der Waals surface area contributed by atoms with Gasteiger partial charge in [0.05, 0.1) is 114 Å². The Bertz CT molecular complexity index is 3560. The van der Waals surface area contributed by atoms with Gasteiger partial charge in [-0.2, -0.15) is 0 Å². The number of hydrogen-bond donors (Lipinski definition) is 5. The largest absolute Gasteiger partial charge is 0.394 e. The van der Waals surface area contributed by atoms with Crippen LogP contribution in [0.15, 0.2) is 0 Å². The van der Waals surface area contributed by atoms with Crippen LogP contribution in [0.3, 0.4) is 0 Å². The predicted molar refractivity (Wildman–Crippen MR) is 451 cm³/mol. The summed E-state index contributed by atoms with van der Waals surface area (Å²) in [6.07, 6.45) is -7.38. The van der Waals surface area contributed by atoms with E-state index < -0.39 is 180 Å². The molecule has 40 nitrogen and oxygen atoms in total. The molecule has 9 aliphatic heterocycles. The summed E-state index contributed by atoms with van der Waals surface area (Å²) < 4.78 is 216. The van der Waals surface area contributed by atoms with E-state index in [2.05, 4.69) is 17.6 Å². The Kier molecular flexibility index (Phi) is 41.0. The maximum Gasteiger partial charge on any atom is 0.386 e. The van der Waals surface area contributed by atoms with Gasteiger partial charge < -0.3 is 104 Å². The first-order valence-electron chi connectivity index (χ1n) is 37.8. The van der Waals surface area contributed by atoms with Crippen LogP contribution in [-0.2, 0) is 143 Å². The minimum atomic E-state index is -4.13. The van der Waals surface area contributed by atoms with Crippen molar-refractivity contribution < 1.29 is 135 Å². The second kappa shape index (κ2) is 45.9. The van der Waals surface area contributed by atoms with Gasteiger partial charge in [-0.1, -0.05) is 19.2 Å². The zero-order valence-corrected chi connectivity index (χ0v) is 77.7. The maximum absolute atomic E-state index is 14.7. The number of nitrogens with one attached hydrogen (secondary N) is 1. The molecule has 0 saturated carbocycles. The summed E-state index contributed by atoms with van der Waals surface area (Å²) in [6, 6.07) is -7.02. The third-order valence-corrected chi connectivity index (χ3v) is 37.2. The molecular formula is C57H110B9N11O29P8S3. The zero-order valence-electron chi connectivity index (χ0n) is 68.1. The molecule has 18 radical (unpaired) electrons. The molecule has 0 aromatic heterocycles. The number of hydrogen-bond acceptors (Lipinski definition) is 30. The van der Waals surface area contributed by atoms with Crippen molar-refractivity contribution in [3.8, 4) is 0 Å². The molecule has 9 rings (SSSR count). The van der Waals surface area contributed by atoms with Crippen LogP contribution < -0.4 is 5.32 Å². The monoisotopic (exact) mass is 1860 g/mol. The van der Waals surface area contributed by atoms with E-state index in [9.17, 15) is 42.3 Å². The van der Waals surface area contributed by atoms with Crippen molar-refractivity contribution in [2.24, 2.45) is 0 Å². The third-order valence-electron chi connectivity index (χ3n) is 19.5. The summed E-state index contributed by atoms with van der Waals surface area (Å²) in [5.74, 6) is 0. The number of aliphatic hydroxyl groups is 1. The van der Waals surface area contributed by atoms with Gasteiger partial charge >= 0.3 is 58.6 Å². The van der Waals surface area contributed by atoms with E-state index in [4.69, 9.17) is 187 Å². The van der Waals surface area contributed by atoms with Gasteiger partial charge in [-0.3, -0.25) is 31.9 Å². The van der Waals surface area contributed by atoms with Crippen molar-refractivity contribution >= 4 is 165 Å². The van der Waals surface area contributed by atoms with Crippen LogP contribution >= 0.6 is 70.8 Å². The summed E-state index contributed by atoms with van der Waals surface area (Å²) in [5.41, 5.74) is 0. The van der Waals surface area contributed by atoms with E-state index in [1.54, 1.807) is 84.5 Å². The van der Waals surface area contributed by atoms with Crippen LogP contribution in [0.5, 0.6) is 0 Å². The van der Waals surface area contributed by atoms with E-state index in [0.29, 0.717) is 25.9 Å². The van der Waals surface area contributed by atoms with Crippen molar-refractivity contribution in [3.63, 3.8) is 0 Å². The van der Waals surface area contributed by atoms with Crippen molar-refractivity contribution in [3.05, 3.63) is 0 Å². The van der Waals surface area contributed by atoms with Crippen molar-refractivity contribution in [1.29, 1.82) is 0 Å². The van der Waals surface area contributed by atoms with E-state index in [1.807, 2.05) is 6.92 Å². The Morgan fingerprint density at radius 1 is 0.376 bits per heavy atom. The standard InChI is InChI=1S/C30H56B5N5O15P4S2.C27H54B4N6O14P4S/c1-6-22-23(7-26(31)52-22)54-59(44,61)48-18-25-24(8-27(32)53-25)55-58(43,60)47-17-21-12-40(14-30(35)51-21)57(42,38(4)5)46-16-20-11-39(13-29(34)50-20)56(41,37(2)3)45-15-19-9-36-10-28(33)49-19;1-32(2)52(39,35-9-19(15-38)47-25(29)12-35)44-16-20-10-36(13-26(30)48-20)53(40,33(3)4)45-17-21-11-37(14-27(31)49-21)54(41,34(5)6)46-18-23-22(8-24(28)50-23)51-55(42,56)43-7/h19-30,36H,6-18H2,1-5H3,(H,43,60)(H,44,61);19-27,38H,8-18H2,1-7H3,(H,42,56)/t19?,20?,21-,22?,23-,24-,25?,26+,27+,28+,29+,30+,56?,57?,58?,59?;19-,20?,21?,22-,23?,24+,25+,26+,27+,52?,53?,54?,55?/m00/s1. The van der Waals surface area contributed by atoms with Gasteiger partial charge in [0.2, 0.25) is 0 Å². The molecule has 117 heavy (non-hydrogen) atoms. The fraction of sp³-hybridized carbons (Fsp3) is 1.00. The smallest absolute Gasteiger partial charge is 0.386 e. The second-order valence-corrected chi connectivity index (χ2v) is 51.6. The van der Waals surface area contributed by atoms with Crippen LogP contribution in [0.1, 0.15) is 32.6 Å². The van der Waals surface area contributed by atoms with Gasteiger partial charge in [0, 0.05) is 140 Å².